The summed E-state index contributed by atoms with van der Waals surface area (Å²) in [5.74, 6) is 0.562. The summed E-state index contributed by atoms with van der Waals surface area (Å²) in [7, 11) is 1.93. The van der Waals surface area contributed by atoms with E-state index in [1.165, 1.54) is 11.1 Å². The zero-order valence-electron chi connectivity index (χ0n) is 14.7. The Hall–Kier alpha value is -1.72. The lowest BCUT2D eigenvalue weighted by Crippen LogP contribution is -2.33. The van der Waals surface area contributed by atoms with Gasteiger partial charge in [0.1, 0.15) is 5.69 Å². The molecule has 25 heavy (non-hydrogen) atoms. The molecule has 0 radical (unpaired) electrons. The van der Waals surface area contributed by atoms with Crippen molar-refractivity contribution in [2.75, 3.05) is 20.1 Å². The number of carbonyl (C=O) groups is 1. The molecule has 0 bridgehead atoms. The lowest BCUT2D eigenvalue weighted by atomic mass is 9.87. The number of piperidine rings is 1. The second-order valence-electron chi connectivity index (χ2n) is 7.12. The van der Waals surface area contributed by atoms with Crippen molar-refractivity contribution in [3.8, 4) is 0 Å². The van der Waals surface area contributed by atoms with Crippen LogP contribution < -0.4 is 5.32 Å². The zero-order valence-corrected chi connectivity index (χ0v) is 15.5. The van der Waals surface area contributed by atoms with Gasteiger partial charge in [-0.2, -0.15) is 0 Å². The van der Waals surface area contributed by atoms with Gasteiger partial charge >= 0.3 is 0 Å². The van der Waals surface area contributed by atoms with E-state index >= 15 is 0 Å². The van der Waals surface area contributed by atoms with Crippen LogP contribution in [0.3, 0.4) is 0 Å². The van der Waals surface area contributed by atoms with E-state index in [9.17, 15) is 4.79 Å². The van der Waals surface area contributed by atoms with E-state index < -0.39 is 0 Å². The van der Waals surface area contributed by atoms with Crippen LogP contribution in [0.4, 0.5) is 0 Å². The minimum atomic E-state index is 0.0538. The Balaban J connectivity index is 1.52. The largest absolute Gasteiger partial charge is 0.333 e. The molecule has 2 aliphatic rings. The zero-order chi connectivity index (χ0) is 17.2. The molecule has 2 heterocycles. The van der Waals surface area contributed by atoms with Crippen molar-refractivity contribution < 1.29 is 4.79 Å². The van der Waals surface area contributed by atoms with Crippen LogP contribution in [0.25, 0.3) is 0 Å². The van der Waals surface area contributed by atoms with Crippen LogP contribution in [0.15, 0.2) is 29.6 Å². The number of aryl methyl sites for hydroxylation is 1. The Morgan fingerprint density at radius 1 is 1.24 bits per heavy atom. The third-order valence-corrected chi connectivity index (χ3v) is 6.56. The van der Waals surface area contributed by atoms with E-state index in [1.54, 1.807) is 11.3 Å². The van der Waals surface area contributed by atoms with Gasteiger partial charge < -0.3 is 10.2 Å². The van der Waals surface area contributed by atoms with Gasteiger partial charge in [0.25, 0.3) is 5.91 Å². The van der Waals surface area contributed by atoms with E-state index in [0.29, 0.717) is 11.6 Å². The molecule has 1 amide bonds. The topological polar surface area (TPSA) is 45.2 Å². The van der Waals surface area contributed by atoms with Crippen LogP contribution in [-0.4, -0.2) is 35.9 Å². The van der Waals surface area contributed by atoms with E-state index in [2.05, 4.69) is 29.6 Å². The molecule has 1 unspecified atom stereocenters. The van der Waals surface area contributed by atoms with Gasteiger partial charge in [-0.15, -0.1) is 11.3 Å². The van der Waals surface area contributed by atoms with Crippen molar-refractivity contribution in [1.82, 2.24) is 15.2 Å². The van der Waals surface area contributed by atoms with Gasteiger partial charge in [0.15, 0.2) is 0 Å². The van der Waals surface area contributed by atoms with Crippen LogP contribution in [0.1, 0.15) is 64.3 Å². The summed E-state index contributed by atoms with van der Waals surface area (Å²) < 4.78 is 0. The van der Waals surface area contributed by atoms with Crippen molar-refractivity contribution in [2.45, 2.75) is 44.1 Å². The van der Waals surface area contributed by atoms with Gasteiger partial charge in [-0.1, -0.05) is 24.3 Å². The average Bonchev–Trinajstić information content (AvgIpc) is 3.17. The molecular formula is C20H25N3OS. The SMILES string of the molecule is CN(C(=O)c1csc(C2CCNCC2)n1)C1CCCc2ccccc21. The molecule has 0 saturated carbocycles. The van der Waals surface area contributed by atoms with Gasteiger partial charge in [-0.05, 0) is 56.3 Å². The molecular weight excluding hydrogens is 330 g/mol. The van der Waals surface area contributed by atoms with Gasteiger partial charge in [0.05, 0.1) is 11.0 Å². The Labute approximate surface area is 153 Å². The normalized spacial score (nSPS) is 20.9. The molecule has 4 rings (SSSR count). The summed E-state index contributed by atoms with van der Waals surface area (Å²) in [4.78, 5) is 19.6. The molecule has 1 saturated heterocycles. The number of aromatic nitrogens is 1. The maximum Gasteiger partial charge on any atom is 0.273 e. The van der Waals surface area contributed by atoms with E-state index in [-0.39, 0.29) is 11.9 Å². The van der Waals surface area contributed by atoms with Crippen molar-refractivity contribution in [1.29, 1.82) is 0 Å². The predicted molar refractivity (Wildman–Crippen MR) is 101 cm³/mol. The van der Waals surface area contributed by atoms with Gasteiger partial charge in [-0.3, -0.25) is 4.79 Å². The molecule has 1 aliphatic carbocycles. The fraction of sp³-hybridized carbons (Fsp3) is 0.500. The van der Waals surface area contributed by atoms with Gasteiger partial charge in [0.2, 0.25) is 0 Å². The number of hydrogen-bond acceptors (Lipinski definition) is 4. The molecule has 1 fully saturated rings. The Morgan fingerprint density at radius 2 is 2.04 bits per heavy atom. The number of rotatable bonds is 3. The van der Waals surface area contributed by atoms with E-state index in [1.807, 2.05) is 17.3 Å². The lowest BCUT2D eigenvalue weighted by molar-refractivity contribution is 0.0709. The summed E-state index contributed by atoms with van der Waals surface area (Å²) in [5, 5.41) is 6.46. The first kappa shape index (κ1) is 16.7. The quantitative estimate of drug-likeness (QED) is 0.912. The Kier molecular flexibility index (Phi) is 4.86. The van der Waals surface area contributed by atoms with E-state index in [0.717, 1.165) is 50.2 Å². The standard InChI is InChI=1S/C20H25N3OS/c1-23(18-8-4-6-14-5-2-3-7-16(14)18)20(24)17-13-25-19(22-17)15-9-11-21-12-10-15/h2-3,5,7,13,15,18,21H,4,6,8-12H2,1H3. The number of amides is 1. The van der Waals surface area contributed by atoms with Crippen LogP contribution in [-0.2, 0) is 6.42 Å². The number of fused-ring (bicyclic) bond motifs is 1. The highest BCUT2D eigenvalue weighted by atomic mass is 32.1. The third kappa shape index (κ3) is 3.35. The average molecular weight is 356 g/mol. The molecule has 4 nitrogen and oxygen atoms in total. The molecule has 1 aliphatic heterocycles. The second kappa shape index (κ2) is 7.26. The molecule has 1 atom stereocenters. The summed E-state index contributed by atoms with van der Waals surface area (Å²) in [6.45, 7) is 2.10. The summed E-state index contributed by atoms with van der Waals surface area (Å²) in [6, 6.07) is 8.70. The minimum Gasteiger partial charge on any atom is -0.333 e. The molecule has 1 aromatic heterocycles. The summed E-state index contributed by atoms with van der Waals surface area (Å²) in [6.07, 6.45) is 5.52. The minimum absolute atomic E-state index is 0.0538. The van der Waals surface area contributed by atoms with E-state index in [4.69, 9.17) is 4.98 Å². The molecule has 2 aromatic rings. The molecule has 0 spiro atoms. The fourth-order valence-electron chi connectivity index (χ4n) is 4.10. The van der Waals surface area contributed by atoms with Gasteiger partial charge in [-0.25, -0.2) is 4.98 Å². The first-order valence-corrected chi connectivity index (χ1v) is 10.1. The van der Waals surface area contributed by atoms with Gasteiger partial charge in [0, 0.05) is 18.3 Å². The predicted octanol–water partition coefficient (Wildman–Crippen LogP) is 3.76. The van der Waals surface area contributed by atoms with Crippen LogP contribution in [0, 0.1) is 0 Å². The van der Waals surface area contributed by atoms with Crippen molar-refractivity contribution in [3.05, 3.63) is 51.5 Å². The first-order valence-electron chi connectivity index (χ1n) is 9.25. The smallest absolute Gasteiger partial charge is 0.273 e. The van der Waals surface area contributed by atoms with Crippen molar-refractivity contribution in [3.63, 3.8) is 0 Å². The molecule has 1 aromatic carbocycles. The molecule has 5 heteroatoms. The highest BCUT2D eigenvalue weighted by molar-refractivity contribution is 7.09. The summed E-state index contributed by atoms with van der Waals surface area (Å²) in [5.41, 5.74) is 3.30. The molecule has 1 N–H and O–H groups in total. The lowest BCUT2D eigenvalue weighted by Gasteiger charge is -2.33. The Bertz CT molecular complexity index is 751. The van der Waals surface area contributed by atoms with Crippen molar-refractivity contribution >= 4 is 17.2 Å². The highest BCUT2D eigenvalue weighted by Gasteiger charge is 2.29. The number of carbonyl (C=O) groups excluding carboxylic acids is 1. The first-order chi connectivity index (χ1) is 12.2. The molecule has 132 valence electrons. The maximum absolute atomic E-state index is 13.0. The van der Waals surface area contributed by atoms with Crippen molar-refractivity contribution in [2.24, 2.45) is 0 Å². The number of nitrogens with zero attached hydrogens (tertiary/aromatic N) is 2. The number of nitrogens with one attached hydrogen (secondary N) is 1. The third-order valence-electron chi connectivity index (χ3n) is 5.56. The maximum atomic E-state index is 13.0. The fourth-order valence-corrected chi connectivity index (χ4v) is 5.06. The van der Waals surface area contributed by atoms with Crippen LogP contribution in [0.5, 0.6) is 0 Å². The van der Waals surface area contributed by atoms with Crippen LogP contribution >= 0.6 is 11.3 Å². The second-order valence-corrected chi connectivity index (χ2v) is 8.01. The number of thiazole rings is 1. The van der Waals surface area contributed by atoms with Crippen LogP contribution in [0.2, 0.25) is 0 Å². The monoisotopic (exact) mass is 355 g/mol. The number of benzene rings is 1. The number of hydrogen-bond donors (Lipinski definition) is 1. The Morgan fingerprint density at radius 3 is 2.88 bits per heavy atom. The highest BCUT2D eigenvalue weighted by Crippen LogP contribution is 2.35. The summed E-state index contributed by atoms with van der Waals surface area (Å²) >= 11 is 1.65.